The summed E-state index contributed by atoms with van der Waals surface area (Å²) in [4.78, 5) is 8.95. The first-order valence-electron chi connectivity index (χ1n) is 7.99. The van der Waals surface area contributed by atoms with E-state index in [1.165, 1.54) is 24.0 Å². The molecule has 1 N–H and O–H groups in total. The Morgan fingerprint density at radius 1 is 1.09 bits per heavy atom. The van der Waals surface area contributed by atoms with E-state index < -0.39 is 0 Å². The summed E-state index contributed by atoms with van der Waals surface area (Å²) in [7, 11) is 0. The lowest BCUT2D eigenvalue weighted by Gasteiger charge is -2.09. The fraction of sp³-hybridized carbons (Fsp3) is 0.278. The molecular formula is C18H19N5. The number of nitrogens with zero attached hydrogens (tertiary/aromatic N) is 4. The van der Waals surface area contributed by atoms with Crippen LogP contribution in [0.1, 0.15) is 35.7 Å². The SMILES string of the molecule is c1cc(CNc2ccnc(C3CC3)n2)cc(Cn2cccn2)c1. The molecule has 5 nitrogen and oxygen atoms in total. The predicted molar refractivity (Wildman–Crippen MR) is 89.1 cm³/mol. The average molecular weight is 305 g/mol. The fourth-order valence-electron chi connectivity index (χ4n) is 2.62. The first-order chi connectivity index (χ1) is 11.4. The Kier molecular flexibility index (Phi) is 3.76. The Morgan fingerprint density at radius 3 is 2.83 bits per heavy atom. The van der Waals surface area contributed by atoms with Crippen LogP contribution >= 0.6 is 0 Å². The Bertz CT molecular complexity index is 778. The van der Waals surface area contributed by atoms with E-state index in [4.69, 9.17) is 0 Å². The van der Waals surface area contributed by atoms with Gasteiger partial charge in [-0.05, 0) is 36.1 Å². The van der Waals surface area contributed by atoms with Gasteiger partial charge in [0.1, 0.15) is 11.6 Å². The van der Waals surface area contributed by atoms with Crippen molar-refractivity contribution < 1.29 is 0 Å². The largest absolute Gasteiger partial charge is 0.366 e. The number of benzene rings is 1. The summed E-state index contributed by atoms with van der Waals surface area (Å²) in [5.41, 5.74) is 2.48. The van der Waals surface area contributed by atoms with Crippen molar-refractivity contribution in [2.24, 2.45) is 0 Å². The highest BCUT2D eigenvalue weighted by Crippen LogP contribution is 2.38. The molecule has 0 radical (unpaired) electrons. The number of aromatic nitrogens is 4. The molecule has 23 heavy (non-hydrogen) atoms. The van der Waals surface area contributed by atoms with Gasteiger partial charge in [0.05, 0.1) is 6.54 Å². The second kappa shape index (κ2) is 6.20. The van der Waals surface area contributed by atoms with Crippen molar-refractivity contribution in [3.63, 3.8) is 0 Å². The number of nitrogens with one attached hydrogen (secondary N) is 1. The molecule has 0 amide bonds. The van der Waals surface area contributed by atoms with Crippen LogP contribution in [0.2, 0.25) is 0 Å². The molecule has 0 atom stereocenters. The van der Waals surface area contributed by atoms with Crippen LogP contribution in [-0.4, -0.2) is 19.7 Å². The molecule has 0 unspecified atom stereocenters. The summed E-state index contributed by atoms with van der Waals surface area (Å²) < 4.78 is 1.93. The number of hydrogen-bond donors (Lipinski definition) is 1. The maximum atomic E-state index is 4.60. The molecule has 2 heterocycles. The van der Waals surface area contributed by atoms with E-state index in [0.717, 1.165) is 24.7 Å². The van der Waals surface area contributed by atoms with Crippen LogP contribution in [0.5, 0.6) is 0 Å². The molecule has 1 aliphatic carbocycles. The summed E-state index contributed by atoms with van der Waals surface area (Å²) in [5, 5.41) is 7.65. The zero-order chi connectivity index (χ0) is 15.5. The van der Waals surface area contributed by atoms with Crippen molar-refractivity contribution in [2.45, 2.75) is 31.8 Å². The first kappa shape index (κ1) is 13.9. The third kappa shape index (κ3) is 3.56. The van der Waals surface area contributed by atoms with Crippen LogP contribution in [0.3, 0.4) is 0 Å². The molecule has 0 aliphatic heterocycles. The van der Waals surface area contributed by atoms with Crippen molar-refractivity contribution in [2.75, 3.05) is 5.32 Å². The normalized spacial score (nSPS) is 13.9. The maximum Gasteiger partial charge on any atom is 0.133 e. The molecule has 1 fully saturated rings. The molecule has 1 aromatic carbocycles. The van der Waals surface area contributed by atoms with E-state index in [0.29, 0.717) is 5.92 Å². The van der Waals surface area contributed by atoms with Crippen molar-refractivity contribution in [1.29, 1.82) is 0 Å². The quantitative estimate of drug-likeness (QED) is 0.760. The van der Waals surface area contributed by atoms with Crippen LogP contribution in [0, 0.1) is 0 Å². The predicted octanol–water partition coefficient (Wildman–Crippen LogP) is 3.21. The lowest BCUT2D eigenvalue weighted by molar-refractivity contribution is 0.686. The van der Waals surface area contributed by atoms with Gasteiger partial charge in [0, 0.05) is 31.1 Å². The smallest absolute Gasteiger partial charge is 0.133 e. The Morgan fingerprint density at radius 2 is 2.00 bits per heavy atom. The van der Waals surface area contributed by atoms with Crippen molar-refractivity contribution in [1.82, 2.24) is 19.7 Å². The van der Waals surface area contributed by atoms with Crippen LogP contribution < -0.4 is 5.32 Å². The third-order valence-electron chi connectivity index (χ3n) is 3.99. The summed E-state index contributed by atoms with van der Waals surface area (Å²) in [5.74, 6) is 2.45. The third-order valence-corrected chi connectivity index (χ3v) is 3.99. The average Bonchev–Trinajstić information content (AvgIpc) is 3.32. The molecule has 116 valence electrons. The lowest BCUT2D eigenvalue weighted by Crippen LogP contribution is -2.05. The Labute approximate surface area is 135 Å². The lowest BCUT2D eigenvalue weighted by atomic mass is 10.1. The van der Waals surface area contributed by atoms with Gasteiger partial charge >= 0.3 is 0 Å². The van der Waals surface area contributed by atoms with Gasteiger partial charge in [0.15, 0.2) is 0 Å². The van der Waals surface area contributed by atoms with Crippen LogP contribution in [-0.2, 0) is 13.1 Å². The molecule has 1 aliphatic rings. The molecule has 5 heteroatoms. The minimum Gasteiger partial charge on any atom is -0.366 e. The van der Waals surface area contributed by atoms with Gasteiger partial charge in [-0.1, -0.05) is 24.3 Å². The Balaban J connectivity index is 1.41. The second-order valence-corrected chi connectivity index (χ2v) is 5.95. The zero-order valence-corrected chi connectivity index (χ0v) is 12.9. The van der Waals surface area contributed by atoms with Crippen LogP contribution in [0.15, 0.2) is 55.0 Å². The van der Waals surface area contributed by atoms with E-state index in [2.05, 4.69) is 44.6 Å². The van der Waals surface area contributed by atoms with Gasteiger partial charge < -0.3 is 5.32 Å². The van der Waals surface area contributed by atoms with E-state index in [1.807, 2.05) is 29.2 Å². The molecule has 0 bridgehead atoms. The first-order valence-corrected chi connectivity index (χ1v) is 7.99. The summed E-state index contributed by atoms with van der Waals surface area (Å²) in [6.45, 7) is 1.55. The van der Waals surface area contributed by atoms with Gasteiger partial charge in [0.2, 0.25) is 0 Å². The maximum absolute atomic E-state index is 4.60. The van der Waals surface area contributed by atoms with E-state index in [9.17, 15) is 0 Å². The van der Waals surface area contributed by atoms with Gasteiger partial charge in [-0.2, -0.15) is 5.10 Å². The minimum atomic E-state index is 0.578. The van der Waals surface area contributed by atoms with Gasteiger partial charge in [-0.3, -0.25) is 4.68 Å². The van der Waals surface area contributed by atoms with E-state index >= 15 is 0 Å². The van der Waals surface area contributed by atoms with Crippen LogP contribution in [0.4, 0.5) is 5.82 Å². The van der Waals surface area contributed by atoms with E-state index in [-0.39, 0.29) is 0 Å². The van der Waals surface area contributed by atoms with Crippen molar-refractivity contribution in [3.8, 4) is 0 Å². The second-order valence-electron chi connectivity index (χ2n) is 5.95. The van der Waals surface area contributed by atoms with Gasteiger partial charge in [-0.15, -0.1) is 0 Å². The monoisotopic (exact) mass is 305 g/mol. The summed E-state index contributed by atoms with van der Waals surface area (Å²) in [6.07, 6.45) is 8.07. The van der Waals surface area contributed by atoms with Gasteiger partial charge in [0.25, 0.3) is 0 Å². The molecule has 4 rings (SSSR count). The molecule has 2 aromatic heterocycles. The molecule has 0 spiro atoms. The highest BCUT2D eigenvalue weighted by Gasteiger charge is 2.26. The molecule has 1 saturated carbocycles. The van der Waals surface area contributed by atoms with E-state index in [1.54, 1.807) is 6.20 Å². The Hall–Kier alpha value is -2.69. The standard InChI is InChI=1S/C18H19N5/c1-3-14(11-15(4-1)13-23-10-2-8-21-23)12-20-17-7-9-19-18(22-17)16-5-6-16/h1-4,7-11,16H,5-6,12-13H2,(H,19,20,22). The topological polar surface area (TPSA) is 55.6 Å². The van der Waals surface area contributed by atoms with Crippen molar-refractivity contribution in [3.05, 3.63) is 71.9 Å². The minimum absolute atomic E-state index is 0.578. The molecule has 0 saturated heterocycles. The fourth-order valence-corrected chi connectivity index (χ4v) is 2.62. The zero-order valence-electron chi connectivity index (χ0n) is 12.9. The number of rotatable bonds is 6. The molecule has 3 aromatic rings. The highest BCUT2D eigenvalue weighted by atomic mass is 15.3. The summed E-state index contributed by atoms with van der Waals surface area (Å²) >= 11 is 0. The van der Waals surface area contributed by atoms with Crippen molar-refractivity contribution >= 4 is 5.82 Å². The summed E-state index contributed by atoms with van der Waals surface area (Å²) in [6, 6.07) is 12.4. The van der Waals surface area contributed by atoms with Crippen LogP contribution in [0.25, 0.3) is 0 Å². The number of anilines is 1. The number of hydrogen-bond acceptors (Lipinski definition) is 4. The highest BCUT2D eigenvalue weighted by molar-refractivity contribution is 5.36. The molecular weight excluding hydrogens is 286 g/mol. The van der Waals surface area contributed by atoms with Gasteiger partial charge in [-0.25, -0.2) is 9.97 Å².